The molecule has 12 aliphatic carbocycles. The first kappa shape index (κ1) is 35.6. The molecule has 0 radical (unpaired) electrons. The van der Waals surface area contributed by atoms with Gasteiger partial charge in [0, 0.05) is 18.1 Å². The van der Waals surface area contributed by atoms with Gasteiger partial charge in [0.2, 0.25) is 0 Å². The van der Waals surface area contributed by atoms with Crippen molar-refractivity contribution in [3.8, 4) is 0 Å². The van der Waals surface area contributed by atoms with E-state index in [4.69, 9.17) is 0 Å². The molecular weight excluding hydrogens is 651 g/mol. The zero-order chi connectivity index (χ0) is 35.4. The lowest BCUT2D eigenvalue weighted by atomic mass is 9.49. The van der Waals surface area contributed by atoms with Crippen molar-refractivity contribution in [3.05, 3.63) is 11.1 Å². The summed E-state index contributed by atoms with van der Waals surface area (Å²) in [7, 11) is 0. The van der Waals surface area contributed by atoms with Gasteiger partial charge in [-0.05, 0) is 217 Å². The molecule has 1 spiro atoms. The Kier molecular flexibility index (Phi) is 9.54. The van der Waals surface area contributed by atoms with E-state index in [1.165, 1.54) is 64.2 Å². The fourth-order valence-corrected chi connectivity index (χ4v) is 21.4. The predicted octanol–water partition coefficient (Wildman–Crippen LogP) is 14.3. The Bertz CT molecular complexity index is 1370. The molecule has 0 bridgehead atoms. The highest BCUT2D eigenvalue weighted by Crippen LogP contribution is 2.80. The number of hydrogen-bond acceptors (Lipinski definition) is 1. The van der Waals surface area contributed by atoms with Gasteiger partial charge in [-0.3, -0.25) is 4.90 Å². The van der Waals surface area contributed by atoms with Crippen LogP contribution in [0.4, 0.5) is 0 Å². The maximum atomic E-state index is 3.42. The Morgan fingerprint density at radius 1 is 0.333 bits per heavy atom. The molecule has 12 rings (SSSR count). The number of allylic oxidation sites excluding steroid dienone is 2. The molecule has 0 aromatic heterocycles. The zero-order valence-electron chi connectivity index (χ0n) is 35.1. The van der Waals surface area contributed by atoms with E-state index in [-0.39, 0.29) is 0 Å². The van der Waals surface area contributed by atoms with Crippen molar-refractivity contribution in [2.24, 2.45) is 88.3 Å². The van der Waals surface area contributed by atoms with E-state index in [9.17, 15) is 0 Å². The van der Waals surface area contributed by atoms with Crippen LogP contribution in [0.15, 0.2) is 11.1 Å². The van der Waals surface area contributed by atoms with Gasteiger partial charge in [-0.2, -0.15) is 0 Å². The monoisotopic (exact) mass is 734 g/mol. The van der Waals surface area contributed by atoms with Crippen LogP contribution in [0.3, 0.4) is 0 Å². The molecule has 10 saturated carbocycles. The molecule has 10 fully saturated rings. The Hall–Kier alpha value is -0.300. The molecule has 1 nitrogen and oxygen atoms in total. The number of nitrogens with zero attached hydrogens (tertiary/aromatic N) is 1. The average Bonchev–Trinajstić information content (AvgIpc) is 3.84. The molecule has 0 aromatic carbocycles. The number of hydrogen-bond donors (Lipinski definition) is 0. The van der Waals surface area contributed by atoms with Crippen LogP contribution in [0, 0.1) is 88.3 Å². The molecule has 0 N–H and O–H groups in total. The Balaban J connectivity index is 0.877. The van der Waals surface area contributed by atoms with E-state index in [2.05, 4.69) is 16.0 Å². The summed E-state index contributed by atoms with van der Waals surface area (Å²) in [5.41, 5.74) is 4.98. The van der Waals surface area contributed by atoms with Crippen molar-refractivity contribution in [1.82, 2.24) is 4.90 Å². The minimum Gasteiger partial charge on any atom is -0.294 e. The van der Waals surface area contributed by atoms with Crippen molar-refractivity contribution in [1.29, 1.82) is 0 Å². The van der Waals surface area contributed by atoms with E-state index < -0.39 is 0 Å². The van der Waals surface area contributed by atoms with Gasteiger partial charge in [0.1, 0.15) is 0 Å². The summed E-state index contributed by atoms with van der Waals surface area (Å²) < 4.78 is 0. The van der Waals surface area contributed by atoms with Crippen molar-refractivity contribution < 1.29 is 0 Å². The molecule has 0 heterocycles. The van der Waals surface area contributed by atoms with E-state index >= 15 is 0 Å². The fourth-order valence-electron chi connectivity index (χ4n) is 21.4. The van der Waals surface area contributed by atoms with E-state index in [1.54, 1.807) is 148 Å². The molecule has 14 unspecified atom stereocenters. The highest BCUT2D eigenvalue weighted by molar-refractivity contribution is 5.34. The van der Waals surface area contributed by atoms with Gasteiger partial charge in [-0.15, -0.1) is 0 Å². The number of rotatable bonds is 4. The summed E-state index contributed by atoms with van der Waals surface area (Å²) in [6.45, 7) is 0. The summed E-state index contributed by atoms with van der Waals surface area (Å²) in [6.07, 6.45) is 52.2. The van der Waals surface area contributed by atoms with Crippen LogP contribution in [-0.4, -0.2) is 23.0 Å². The summed E-state index contributed by atoms with van der Waals surface area (Å²) in [4.78, 5) is 3.42. The van der Waals surface area contributed by atoms with Crippen LogP contribution in [0.2, 0.25) is 0 Å². The zero-order valence-corrected chi connectivity index (χ0v) is 35.1. The minimum absolute atomic E-state index is 0.750. The minimum atomic E-state index is 0.750. The summed E-state index contributed by atoms with van der Waals surface area (Å²) in [5.74, 6) is 15.4. The SMILES string of the molecule is C1CCC(C2CCC(N(C3CCCCC3)C3CCC4C(C3)C3CCCCC3C43C4CCCCC4C4C5CCCC6C7=C(CCCC7)C(CC43)C65)CC2)CC1. The largest absolute Gasteiger partial charge is 0.294 e. The molecule has 0 aromatic rings. The molecule has 54 heavy (non-hydrogen) atoms. The first-order chi connectivity index (χ1) is 26.8. The highest BCUT2D eigenvalue weighted by atomic mass is 15.2. The maximum absolute atomic E-state index is 3.42. The van der Waals surface area contributed by atoms with Crippen molar-refractivity contribution in [2.75, 3.05) is 0 Å². The number of fused-ring (bicyclic) bond motifs is 13. The molecule has 0 amide bonds. The summed E-state index contributed by atoms with van der Waals surface area (Å²) >= 11 is 0. The first-order valence-electron chi connectivity index (χ1n) is 26.3. The van der Waals surface area contributed by atoms with Crippen molar-refractivity contribution in [3.63, 3.8) is 0 Å². The molecule has 0 aliphatic heterocycles. The Labute approximate surface area is 333 Å². The van der Waals surface area contributed by atoms with Crippen LogP contribution in [0.25, 0.3) is 0 Å². The van der Waals surface area contributed by atoms with E-state index in [1.807, 2.05) is 0 Å². The van der Waals surface area contributed by atoms with Gasteiger partial charge >= 0.3 is 0 Å². The van der Waals surface area contributed by atoms with Gasteiger partial charge in [-0.1, -0.05) is 94.6 Å². The smallest absolute Gasteiger partial charge is 0.0104 e. The van der Waals surface area contributed by atoms with Gasteiger partial charge in [0.05, 0.1) is 0 Å². The quantitative estimate of drug-likeness (QED) is 0.260. The fraction of sp³-hybridized carbons (Fsp3) is 0.962. The molecule has 0 saturated heterocycles. The lowest BCUT2D eigenvalue weighted by Crippen LogP contribution is -2.55. The molecule has 300 valence electrons. The van der Waals surface area contributed by atoms with Gasteiger partial charge in [0.25, 0.3) is 0 Å². The van der Waals surface area contributed by atoms with Gasteiger partial charge < -0.3 is 0 Å². The van der Waals surface area contributed by atoms with Crippen LogP contribution in [0.1, 0.15) is 212 Å². The van der Waals surface area contributed by atoms with Crippen molar-refractivity contribution >= 4 is 0 Å². The summed E-state index contributed by atoms with van der Waals surface area (Å²) in [5, 5.41) is 0. The maximum Gasteiger partial charge on any atom is 0.0104 e. The standard InChI is InChI=1S/C53H83N/c1-3-14-34(15-4-1)35-26-28-37(29-27-35)54(36-16-5-2-6-17-36)38-30-31-49-45(32-38)41-20-9-11-24-47(41)53(49)48-25-12-10-21-43(48)52-44-23-13-22-42-39-18-7-8-19-40(39)46(51(42)44)33-50(52)53/h34-38,41-52H,1-33H2. The normalized spacial score (nSPS) is 52.1. The molecule has 1 heteroatoms. The van der Waals surface area contributed by atoms with Crippen LogP contribution in [-0.2, 0) is 0 Å². The molecular formula is C53H83N. The second kappa shape index (κ2) is 14.5. The highest BCUT2D eigenvalue weighted by Gasteiger charge is 2.75. The predicted molar refractivity (Wildman–Crippen MR) is 224 cm³/mol. The van der Waals surface area contributed by atoms with E-state index in [0.717, 1.165) is 106 Å². The third-order valence-corrected chi connectivity index (χ3v) is 22.4. The Morgan fingerprint density at radius 2 is 0.907 bits per heavy atom. The van der Waals surface area contributed by atoms with Crippen LogP contribution in [0.5, 0.6) is 0 Å². The molecule has 14 atom stereocenters. The third kappa shape index (κ3) is 5.34. The average molecular weight is 734 g/mol. The lowest BCUT2D eigenvalue weighted by molar-refractivity contribution is -0.0764. The topological polar surface area (TPSA) is 3.24 Å². The molecule has 12 aliphatic rings. The Morgan fingerprint density at radius 3 is 1.69 bits per heavy atom. The van der Waals surface area contributed by atoms with Gasteiger partial charge in [0.15, 0.2) is 0 Å². The summed E-state index contributed by atoms with van der Waals surface area (Å²) in [6, 6.07) is 2.80. The van der Waals surface area contributed by atoms with Gasteiger partial charge in [-0.25, -0.2) is 0 Å². The second-order valence-electron chi connectivity index (χ2n) is 23.6. The first-order valence-corrected chi connectivity index (χ1v) is 26.3. The van der Waals surface area contributed by atoms with Crippen molar-refractivity contribution in [2.45, 2.75) is 230 Å². The van der Waals surface area contributed by atoms with Crippen LogP contribution < -0.4 is 0 Å². The van der Waals surface area contributed by atoms with Crippen LogP contribution >= 0.6 is 0 Å². The third-order valence-electron chi connectivity index (χ3n) is 22.4. The lowest BCUT2D eigenvalue weighted by Gasteiger charge is -2.56. The van der Waals surface area contributed by atoms with E-state index in [0.29, 0.717) is 0 Å². The second-order valence-corrected chi connectivity index (χ2v) is 23.6.